The maximum atomic E-state index is 5.41. The van der Waals surface area contributed by atoms with Gasteiger partial charge in [-0.2, -0.15) is 0 Å². The molecule has 1 fully saturated rings. The van der Waals surface area contributed by atoms with Crippen LogP contribution in [0.3, 0.4) is 0 Å². The standard InChI is InChI=1S/C9H14N2O/c1-11-5-4-10-9(11)8-3-2-6-12-7-8/h4-5,8H,2-3,6-7H2,1H3. The van der Waals surface area contributed by atoms with Crippen molar-refractivity contribution in [1.82, 2.24) is 9.55 Å². The highest BCUT2D eigenvalue weighted by Crippen LogP contribution is 2.23. The highest BCUT2D eigenvalue weighted by atomic mass is 16.5. The molecule has 1 unspecified atom stereocenters. The normalized spacial score (nSPS) is 24.2. The smallest absolute Gasteiger partial charge is 0.113 e. The fourth-order valence-electron chi connectivity index (χ4n) is 1.71. The monoisotopic (exact) mass is 166 g/mol. The molecule has 12 heavy (non-hydrogen) atoms. The molecule has 1 aliphatic rings. The molecule has 1 aromatic rings. The molecule has 2 rings (SSSR count). The molecule has 3 nitrogen and oxygen atoms in total. The molecule has 0 aliphatic carbocycles. The van der Waals surface area contributed by atoms with Crippen LogP contribution in [0.5, 0.6) is 0 Å². The first-order valence-electron chi connectivity index (χ1n) is 4.43. The first kappa shape index (κ1) is 7.80. The third-order valence-corrected chi connectivity index (χ3v) is 2.38. The topological polar surface area (TPSA) is 27.1 Å². The van der Waals surface area contributed by atoms with Gasteiger partial charge in [-0.1, -0.05) is 0 Å². The highest BCUT2D eigenvalue weighted by Gasteiger charge is 2.18. The summed E-state index contributed by atoms with van der Waals surface area (Å²) in [6, 6.07) is 0. The molecular formula is C9H14N2O. The summed E-state index contributed by atoms with van der Waals surface area (Å²) < 4.78 is 7.49. The number of rotatable bonds is 1. The summed E-state index contributed by atoms with van der Waals surface area (Å²) in [4.78, 5) is 4.32. The minimum Gasteiger partial charge on any atom is -0.381 e. The van der Waals surface area contributed by atoms with Crippen molar-refractivity contribution in [3.05, 3.63) is 18.2 Å². The zero-order valence-corrected chi connectivity index (χ0v) is 7.36. The first-order valence-corrected chi connectivity index (χ1v) is 4.43. The SMILES string of the molecule is Cn1ccnc1C1CCCOC1. The number of aryl methyl sites for hydroxylation is 1. The fraction of sp³-hybridized carbons (Fsp3) is 0.667. The zero-order chi connectivity index (χ0) is 8.39. The third kappa shape index (κ3) is 1.37. The van der Waals surface area contributed by atoms with Gasteiger partial charge in [0.25, 0.3) is 0 Å². The molecule has 0 radical (unpaired) electrons. The van der Waals surface area contributed by atoms with Gasteiger partial charge in [0.1, 0.15) is 5.82 Å². The largest absolute Gasteiger partial charge is 0.381 e. The van der Waals surface area contributed by atoms with Crippen LogP contribution in [-0.2, 0) is 11.8 Å². The van der Waals surface area contributed by atoms with Gasteiger partial charge in [-0.25, -0.2) is 4.98 Å². The Morgan fingerprint density at radius 3 is 3.17 bits per heavy atom. The van der Waals surface area contributed by atoms with Crippen LogP contribution in [0.4, 0.5) is 0 Å². The Kier molecular flexibility index (Phi) is 2.13. The van der Waals surface area contributed by atoms with Crippen molar-refractivity contribution in [2.24, 2.45) is 7.05 Å². The van der Waals surface area contributed by atoms with E-state index in [0.717, 1.165) is 25.5 Å². The first-order chi connectivity index (χ1) is 5.88. The molecule has 0 bridgehead atoms. The molecule has 0 spiro atoms. The quantitative estimate of drug-likeness (QED) is 0.629. The van der Waals surface area contributed by atoms with E-state index in [1.54, 1.807) is 0 Å². The number of aromatic nitrogens is 2. The van der Waals surface area contributed by atoms with E-state index in [0.29, 0.717) is 5.92 Å². The van der Waals surface area contributed by atoms with E-state index in [2.05, 4.69) is 9.55 Å². The second-order valence-electron chi connectivity index (χ2n) is 3.31. The fourth-order valence-corrected chi connectivity index (χ4v) is 1.71. The van der Waals surface area contributed by atoms with Gasteiger partial charge in [-0.15, -0.1) is 0 Å². The maximum absolute atomic E-state index is 5.41. The van der Waals surface area contributed by atoms with Crippen molar-refractivity contribution in [3.63, 3.8) is 0 Å². The lowest BCUT2D eigenvalue weighted by Gasteiger charge is -2.21. The molecule has 1 aromatic heterocycles. The molecule has 2 heterocycles. The van der Waals surface area contributed by atoms with Crippen molar-refractivity contribution in [2.75, 3.05) is 13.2 Å². The van der Waals surface area contributed by atoms with E-state index < -0.39 is 0 Å². The van der Waals surface area contributed by atoms with Crippen LogP contribution in [0.2, 0.25) is 0 Å². The Bertz CT molecular complexity index is 251. The second kappa shape index (κ2) is 3.27. The zero-order valence-electron chi connectivity index (χ0n) is 7.36. The van der Waals surface area contributed by atoms with Gasteiger partial charge in [0.05, 0.1) is 6.61 Å². The van der Waals surface area contributed by atoms with Crippen molar-refractivity contribution in [3.8, 4) is 0 Å². The van der Waals surface area contributed by atoms with Crippen molar-refractivity contribution < 1.29 is 4.74 Å². The number of hydrogen-bond donors (Lipinski definition) is 0. The Morgan fingerprint density at radius 2 is 2.58 bits per heavy atom. The maximum Gasteiger partial charge on any atom is 0.113 e. The van der Waals surface area contributed by atoms with Crippen LogP contribution in [-0.4, -0.2) is 22.8 Å². The van der Waals surface area contributed by atoms with Gasteiger partial charge in [-0.3, -0.25) is 0 Å². The molecule has 66 valence electrons. The van der Waals surface area contributed by atoms with Gasteiger partial charge in [0.15, 0.2) is 0 Å². The lowest BCUT2D eigenvalue weighted by molar-refractivity contribution is 0.0773. The molecule has 1 saturated heterocycles. The second-order valence-corrected chi connectivity index (χ2v) is 3.31. The van der Waals surface area contributed by atoms with Crippen LogP contribution >= 0.6 is 0 Å². The van der Waals surface area contributed by atoms with E-state index in [-0.39, 0.29) is 0 Å². The molecule has 1 aliphatic heterocycles. The molecule has 0 amide bonds. The lowest BCUT2D eigenvalue weighted by Crippen LogP contribution is -2.18. The molecule has 0 saturated carbocycles. The minimum absolute atomic E-state index is 0.513. The molecule has 1 atom stereocenters. The van der Waals surface area contributed by atoms with Crippen LogP contribution in [0.1, 0.15) is 24.6 Å². The summed E-state index contributed by atoms with van der Waals surface area (Å²) in [6.07, 6.45) is 6.22. The van der Waals surface area contributed by atoms with Crippen molar-refractivity contribution >= 4 is 0 Å². The summed E-state index contributed by atoms with van der Waals surface area (Å²) >= 11 is 0. The summed E-state index contributed by atoms with van der Waals surface area (Å²) in [5.74, 6) is 1.67. The van der Waals surface area contributed by atoms with Gasteiger partial charge < -0.3 is 9.30 Å². The summed E-state index contributed by atoms with van der Waals surface area (Å²) in [5, 5.41) is 0. The predicted molar refractivity (Wildman–Crippen MR) is 46.0 cm³/mol. The minimum atomic E-state index is 0.513. The van der Waals surface area contributed by atoms with Crippen molar-refractivity contribution in [1.29, 1.82) is 0 Å². The molecular weight excluding hydrogens is 152 g/mol. The van der Waals surface area contributed by atoms with E-state index in [9.17, 15) is 0 Å². The summed E-state index contributed by atoms with van der Waals surface area (Å²) in [5.41, 5.74) is 0. The lowest BCUT2D eigenvalue weighted by atomic mass is 10.0. The molecule has 0 N–H and O–H groups in total. The third-order valence-electron chi connectivity index (χ3n) is 2.38. The van der Waals surface area contributed by atoms with Crippen LogP contribution in [0.15, 0.2) is 12.4 Å². The Hall–Kier alpha value is -0.830. The van der Waals surface area contributed by atoms with Gasteiger partial charge in [-0.05, 0) is 12.8 Å². The molecule has 3 heteroatoms. The van der Waals surface area contributed by atoms with Gasteiger partial charge >= 0.3 is 0 Å². The average molecular weight is 166 g/mol. The van der Waals surface area contributed by atoms with E-state index >= 15 is 0 Å². The molecule has 0 aromatic carbocycles. The van der Waals surface area contributed by atoms with Crippen LogP contribution in [0, 0.1) is 0 Å². The number of hydrogen-bond acceptors (Lipinski definition) is 2. The Labute approximate surface area is 72.4 Å². The highest BCUT2D eigenvalue weighted by molar-refractivity contribution is 5.00. The van der Waals surface area contributed by atoms with Crippen LogP contribution < -0.4 is 0 Å². The van der Waals surface area contributed by atoms with E-state index in [4.69, 9.17) is 4.74 Å². The Balaban J connectivity index is 2.13. The van der Waals surface area contributed by atoms with Gasteiger partial charge in [0.2, 0.25) is 0 Å². The number of ether oxygens (including phenoxy) is 1. The van der Waals surface area contributed by atoms with Crippen LogP contribution in [0.25, 0.3) is 0 Å². The number of nitrogens with zero attached hydrogens (tertiary/aromatic N) is 2. The van der Waals surface area contributed by atoms with E-state index in [1.807, 2.05) is 19.4 Å². The average Bonchev–Trinajstić information content (AvgIpc) is 2.53. The van der Waals surface area contributed by atoms with Gasteiger partial charge in [0, 0.05) is 32.0 Å². The van der Waals surface area contributed by atoms with E-state index in [1.165, 1.54) is 6.42 Å². The summed E-state index contributed by atoms with van der Waals surface area (Å²) in [6.45, 7) is 1.76. The van der Waals surface area contributed by atoms with Crippen molar-refractivity contribution in [2.45, 2.75) is 18.8 Å². The number of imidazole rings is 1. The predicted octanol–water partition coefficient (Wildman–Crippen LogP) is 1.31. The Morgan fingerprint density at radius 1 is 1.67 bits per heavy atom. The summed E-state index contributed by atoms with van der Waals surface area (Å²) in [7, 11) is 2.04.